The predicted molar refractivity (Wildman–Crippen MR) is 143 cm³/mol. The highest BCUT2D eigenvalue weighted by Gasteiger charge is 2.29. The smallest absolute Gasteiger partial charge is 0.252 e. The van der Waals surface area contributed by atoms with Crippen LogP contribution in [0, 0.1) is 0 Å². The lowest BCUT2D eigenvalue weighted by Gasteiger charge is -2.32. The van der Waals surface area contributed by atoms with Crippen molar-refractivity contribution < 1.29 is 0 Å². The molecule has 36 heavy (non-hydrogen) atoms. The third-order valence-electron chi connectivity index (χ3n) is 7.56. The fraction of sp³-hybridized carbons (Fsp3) is 0.448. The molecule has 1 aliphatic rings. The van der Waals surface area contributed by atoms with Gasteiger partial charge in [-0.15, -0.1) is 5.10 Å². The molecule has 0 saturated heterocycles. The molecule has 7 nitrogen and oxygen atoms in total. The van der Waals surface area contributed by atoms with E-state index in [-0.39, 0.29) is 11.6 Å². The van der Waals surface area contributed by atoms with Crippen LogP contribution in [-0.2, 0) is 19.5 Å². The molecule has 2 aromatic carbocycles. The van der Waals surface area contributed by atoms with Crippen molar-refractivity contribution in [2.24, 2.45) is 0 Å². The summed E-state index contributed by atoms with van der Waals surface area (Å²) in [4.78, 5) is 18.6. The second kappa shape index (κ2) is 11.2. The van der Waals surface area contributed by atoms with Crippen LogP contribution in [-0.4, -0.2) is 30.1 Å². The first-order chi connectivity index (χ1) is 17.7. The van der Waals surface area contributed by atoms with E-state index in [0.29, 0.717) is 19.1 Å². The molecule has 0 unspecified atom stereocenters. The first-order valence-corrected chi connectivity index (χ1v) is 13.4. The Hall–Kier alpha value is -3.32. The van der Waals surface area contributed by atoms with Crippen molar-refractivity contribution in [3.63, 3.8) is 0 Å². The van der Waals surface area contributed by atoms with Crippen molar-refractivity contribution in [1.82, 2.24) is 30.1 Å². The summed E-state index contributed by atoms with van der Waals surface area (Å²) < 4.78 is 2.07. The van der Waals surface area contributed by atoms with Gasteiger partial charge in [0.05, 0.1) is 12.1 Å². The number of hydrogen-bond donors (Lipinski definition) is 1. The van der Waals surface area contributed by atoms with E-state index in [4.69, 9.17) is 0 Å². The third kappa shape index (κ3) is 5.26. The molecule has 0 bridgehead atoms. The zero-order valence-corrected chi connectivity index (χ0v) is 21.4. The number of aryl methyl sites for hydroxylation is 1. The molecule has 2 heterocycles. The van der Waals surface area contributed by atoms with Gasteiger partial charge in [-0.25, -0.2) is 4.68 Å². The van der Waals surface area contributed by atoms with E-state index in [1.165, 1.54) is 30.4 Å². The summed E-state index contributed by atoms with van der Waals surface area (Å²) in [5.41, 5.74) is 4.08. The molecular formula is C29H36N6O. The predicted octanol–water partition coefficient (Wildman–Crippen LogP) is 5.74. The number of fused-ring (bicyclic) bond motifs is 1. The number of nitrogens with zero attached hydrogens (tertiary/aromatic N) is 5. The summed E-state index contributed by atoms with van der Waals surface area (Å²) in [5, 5.41) is 14.2. The average Bonchev–Trinajstić information content (AvgIpc) is 3.40. The normalized spacial score (nSPS) is 15.5. The maximum Gasteiger partial charge on any atom is 0.252 e. The summed E-state index contributed by atoms with van der Waals surface area (Å²) in [5.74, 6) is 0.908. The number of nitrogens with one attached hydrogen (secondary N) is 1. The maximum atomic E-state index is 13.2. The van der Waals surface area contributed by atoms with Crippen molar-refractivity contribution in [3.8, 4) is 0 Å². The number of tetrazole rings is 1. The first-order valence-electron chi connectivity index (χ1n) is 13.4. The molecule has 4 aromatic rings. The van der Waals surface area contributed by atoms with E-state index in [9.17, 15) is 4.79 Å². The van der Waals surface area contributed by atoms with Crippen molar-refractivity contribution in [1.29, 1.82) is 0 Å². The first kappa shape index (κ1) is 24.4. The standard InChI is InChI=1S/C29H36N6O/c1-3-21-15-16-26-23(17-21)18-24(29(36)30-26)20-34(19-22-11-7-5-8-12-22)27(4-2)28-31-32-33-35(28)25-13-9-6-10-14-25/h5,7-8,11-12,15-18,25,27H,3-4,6,9-10,13-14,19-20H2,1-2H3,(H,30,36)/t27-/m1/s1. The number of aromatic nitrogens is 5. The Balaban J connectivity index is 1.52. The Kier molecular flexibility index (Phi) is 7.56. The SMILES string of the molecule is CCc1ccc2[nH]c(=O)c(CN(Cc3ccccc3)[C@H](CC)c3nnnn3C3CCCCC3)cc2c1. The minimum atomic E-state index is -0.0356. The summed E-state index contributed by atoms with van der Waals surface area (Å²) >= 11 is 0. The molecule has 188 valence electrons. The summed E-state index contributed by atoms with van der Waals surface area (Å²) in [6.07, 6.45) is 7.80. The zero-order valence-electron chi connectivity index (χ0n) is 21.4. The molecule has 1 N–H and O–H groups in total. The van der Waals surface area contributed by atoms with Crippen molar-refractivity contribution in [2.75, 3.05) is 0 Å². The van der Waals surface area contributed by atoms with Crippen LogP contribution in [0.25, 0.3) is 10.9 Å². The zero-order chi connectivity index (χ0) is 24.9. The molecule has 0 spiro atoms. The van der Waals surface area contributed by atoms with Gasteiger partial charge in [0.25, 0.3) is 5.56 Å². The fourth-order valence-electron chi connectivity index (χ4n) is 5.56. The van der Waals surface area contributed by atoms with Gasteiger partial charge in [-0.3, -0.25) is 9.69 Å². The van der Waals surface area contributed by atoms with Gasteiger partial charge in [-0.2, -0.15) is 0 Å². The van der Waals surface area contributed by atoms with Crippen molar-refractivity contribution in [3.05, 3.63) is 87.5 Å². The molecule has 0 radical (unpaired) electrons. The quantitative estimate of drug-likeness (QED) is 0.328. The van der Waals surface area contributed by atoms with Gasteiger partial charge in [-0.05, 0) is 70.8 Å². The Morgan fingerprint density at radius 3 is 2.56 bits per heavy atom. The molecule has 0 aliphatic heterocycles. The van der Waals surface area contributed by atoms with Gasteiger partial charge < -0.3 is 4.98 Å². The average molecular weight is 485 g/mol. The van der Waals surface area contributed by atoms with Gasteiger partial charge in [0.1, 0.15) is 0 Å². The number of aromatic amines is 1. The molecule has 1 aliphatic carbocycles. The van der Waals surface area contributed by atoms with Crippen LogP contribution < -0.4 is 5.56 Å². The van der Waals surface area contributed by atoms with E-state index in [0.717, 1.165) is 48.0 Å². The largest absolute Gasteiger partial charge is 0.322 e. The van der Waals surface area contributed by atoms with Crippen molar-refractivity contribution >= 4 is 10.9 Å². The van der Waals surface area contributed by atoms with E-state index in [1.54, 1.807) is 0 Å². The highest BCUT2D eigenvalue weighted by atomic mass is 16.1. The number of H-pyrrole nitrogens is 1. The molecule has 0 amide bonds. The lowest BCUT2D eigenvalue weighted by molar-refractivity contribution is 0.155. The van der Waals surface area contributed by atoms with Crippen LogP contribution in [0.15, 0.2) is 59.4 Å². The minimum absolute atomic E-state index is 0.000735. The van der Waals surface area contributed by atoms with Crippen LogP contribution in [0.2, 0.25) is 0 Å². The Morgan fingerprint density at radius 2 is 1.81 bits per heavy atom. The van der Waals surface area contributed by atoms with Gasteiger partial charge in [-0.1, -0.05) is 69.5 Å². The van der Waals surface area contributed by atoms with Crippen LogP contribution in [0.5, 0.6) is 0 Å². The molecule has 1 atom stereocenters. The third-order valence-corrected chi connectivity index (χ3v) is 7.56. The second-order valence-corrected chi connectivity index (χ2v) is 9.99. The number of hydrogen-bond acceptors (Lipinski definition) is 5. The summed E-state index contributed by atoms with van der Waals surface area (Å²) in [6, 6.07) is 19.1. The number of rotatable bonds is 9. The molecule has 1 fully saturated rings. The highest BCUT2D eigenvalue weighted by molar-refractivity contribution is 5.79. The molecule has 5 rings (SSSR count). The second-order valence-electron chi connectivity index (χ2n) is 9.99. The van der Waals surface area contributed by atoms with Crippen LogP contribution >= 0.6 is 0 Å². The fourth-order valence-corrected chi connectivity index (χ4v) is 5.56. The number of pyridine rings is 1. The number of benzene rings is 2. The van der Waals surface area contributed by atoms with Crippen molar-refractivity contribution in [2.45, 2.75) is 84.0 Å². The van der Waals surface area contributed by atoms with Gasteiger partial charge in [0.2, 0.25) is 0 Å². The lowest BCUT2D eigenvalue weighted by Crippen LogP contribution is -2.33. The Labute approximate surface area is 212 Å². The maximum absolute atomic E-state index is 13.2. The van der Waals surface area contributed by atoms with Crippen LogP contribution in [0.4, 0.5) is 0 Å². The van der Waals surface area contributed by atoms with Gasteiger partial charge >= 0.3 is 0 Å². The molecule has 1 saturated carbocycles. The Bertz CT molecular complexity index is 1340. The van der Waals surface area contributed by atoms with Gasteiger partial charge in [0.15, 0.2) is 5.82 Å². The topological polar surface area (TPSA) is 79.7 Å². The summed E-state index contributed by atoms with van der Waals surface area (Å²) in [6.45, 7) is 5.56. The van der Waals surface area contributed by atoms with Gasteiger partial charge in [0, 0.05) is 24.2 Å². The lowest BCUT2D eigenvalue weighted by atomic mass is 9.95. The molecule has 7 heteroatoms. The monoisotopic (exact) mass is 484 g/mol. The van der Waals surface area contributed by atoms with E-state index in [1.807, 2.05) is 12.1 Å². The van der Waals surface area contributed by atoms with E-state index in [2.05, 4.69) is 86.4 Å². The Morgan fingerprint density at radius 1 is 1.00 bits per heavy atom. The molecule has 2 aromatic heterocycles. The molecular weight excluding hydrogens is 448 g/mol. The minimum Gasteiger partial charge on any atom is -0.322 e. The summed E-state index contributed by atoms with van der Waals surface area (Å²) in [7, 11) is 0. The van der Waals surface area contributed by atoms with E-state index >= 15 is 0 Å². The van der Waals surface area contributed by atoms with Crippen LogP contribution in [0.3, 0.4) is 0 Å². The van der Waals surface area contributed by atoms with E-state index < -0.39 is 0 Å². The van der Waals surface area contributed by atoms with Crippen LogP contribution in [0.1, 0.15) is 87.0 Å². The highest BCUT2D eigenvalue weighted by Crippen LogP contribution is 2.32.